The molecule has 152 valence electrons. The molecule has 1 aliphatic heterocycles. The predicted molar refractivity (Wildman–Crippen MR) is 107 cm³/mol. The Balaban J connectivity index is 1.26. The van der Waals surface area contributed by atoms with Crippen LogP contribution in [0.1, 0.15) is 36.5 Å². The Morgan fingerprint density at radius 2 is 1.82 bits per heavy atom. The number of amides is 3. The molecule has 5 atom stereocenters. The van der Waals surface area contributed by atoms with Gasteiger partial charge >= 0.3 is 6.03 Å². The van der Waals surface area contributed by atoms with E-state index in [1.54, 1.807) is 24.3 Å². The van der Waals surface area contributed by atoms with E-state index in [4.69, 9.17) is 16.3 Å². The Labute approximate surface area is 170 Å². The van der Waals surface area contributed by atoms with Gasteiger partial charge in [-0.2, -0.15) is 0 Å². The number of benzene rings is 1. The summed E-state index contributed by atoms with van der Waals surface area (Å²) in [5.74, 6) is 1.69. The van der Waals surface area contributed by atoms with E-state index in [0.29, 0.717) is 54.6 Å². The lowest BCUT2D eigenvalue weighted by atomic mass is 9.99. The summed E-state index contributed by atoms with van der Waals surface area (Å²) in [5.41, 5.74) is 0.643. The van der Waals surface area contributed by atoms with Gasteiger partial charge in [0.05, 0.1) is 13.2 Å². The maximum Gasteiger partial charge on any atom is 0.317 e. The number of ether oxygens (including phenoxy) is 1. The van der Waals surface area contributed by atoms with Crippen molar-refractivity contribution in [2.24, 2.45) is 17.8 Å². The van der Waals surface area contributed by atoms with Gasteiger partial charge in [0.15, 0.2) is 0 Å². The highest BCUT2D eigenvalue weighted by molar-refractivity contribution is 6.30. The zero-order valence-electron chi connectivity index (χ0n) is 16.2. The Morgan fingerprint density at radius 1 is 1.18 bits per heavy atom. The van der Waals surface area contributed by atoms with E-state index in [0.717, 1.165) is 19.3 Å². The van der Waals surface area contributed by atoms with Crippen LogP contribution in [0.25, 0.3) is 0 Å². The van der Waals surface area contributed by atoms with Crippen molar-refractivity contribution in [1.82, 2.24) is 15.5 Å². The molecule has 0 spiro atoms. The normalized spacial score (nSPS) is 29.7. The second kappa shape index (κ2) is 8.29. The third-order valence-corrected chi connectivity index (χ3v) is 6.72. The summed E-state index contributed by atoms with van der Waals surface area (Å²) in [6, 6.07) is 7.48. The van der Waals surface area contributed by atoms with E-state index < -0.39 is 0 Å². The molecule has 28 heavy (non-hydrogen) atoms. The van der Waals surface area contributed by atoms with Crippen LogP contribution in [0, 0.1) is 17.8 Å². The molecule has 0 aromatic heterocycles. The summed E-state index contributed by atoms with van der Waals surface area (Å²) in [5, 5.41) is 7.03. The van der Waals surface area contributed by atoms with Crippen molar-refractivity contribution in [3.05, 3.63) is 34.9 Å². The van der Waals surface area contributed by atoms with Gasteiger partial charge < -0.3 is 20.3 Å². The molecule has 1 heterocycles. The second-order valence-corrected chi connectivity index (χ2v) is 8.55. The van der Waals surface area contributed by atoms with E-state index in [-0.39, 0.29) is 24.0 Å². The van der Waals surface area contributed by atoms with Gasteiger partial charge in [0.25, 0.3) is 5.91 Å². The molecule has 0 bridgehead atoms. The number of morpholine rings is 1. The molecule has 3 unspecified atom stereocenters. The Bertz CT molecular complexity index is 708. The highest BCUT2D eigenvalue weighted by Gasteiger charge is 2.58. The van der Waals surface area contributed by atoms with E-state index in [1.165, 1.54) is 0 Å². The quantitative estimate of drug-likeness (QED) is 0.791. The lowest BCUT2D eigenvalue weighted by Crippen LogP contribution is -2.49. The molecule has 0 radical (unpaired) electrons. The lowest BCUT2D eigenvalue weighted by molar-refractivity contribution is 0.0524. The highest BCUT2D eigenvalue weighted by atomic mass is 35.5. The van der Waals surface area contributed by atoms with Gasteiger partial charge in [-0.1, -0.05) is 18.5 Å². The molecule has 2 saturated carbocycles. The SMILES string of the molecule is CCC(NC(=O)c1ccc(Cl)cc1)C1[C@H]2CC(NC(=O)N3CCOCC3)C[C@@H]12. The first-order chi connectivity index (χ1) is 13.6. The van der Waals surface area contributed by atoms with Crippen LogP contribution in [0.4, 0.5) is 4.79 Å². The van der Waals surface area contributed by atoms with Gasteiger partial charge in [0.2, 0.25) is 0 Å². The molecule has 3 amide bonds. The molecule has 3 fully saturated rings. The highest BCUT2D eigenvalue weighted by Crippen LogP contribution is 2.59. The summed E-state index contributed by atoms with van der Waals surface area (Å²) in [6.07, 6.45) is 2.94. The van der Waals surface area contributed by atoms with Gasteiger partial charge in [0.1, 0.15) is 0 Å². The predicted octanol–water partition coefficient (Wildman–Crippen LogP) is 2.91. The number of carbonyl (C=O) groups is 2. The molecular weight excluding hydrogens is 378 g/mol. The van der Waals surface area contributed by atoms with Crippen LogP contribution >= 0.6 is 11.6 Å². The van der Waals surface area contributed by atoms with Crippen LogP contribution < -0.4 is 10.6 Å². The second-order valence-electron chi connectivity index (χ2n) is 8.12. The number of nitrogens with zero attached hydrogens (tertiary/aromatic N) is 1. The van der Waals surface area contributed by atoms with Crippen molar-refractivity contribution in [3.63, 3.8) is 0 Å². The van der Waals surface area contributed by atoms with Crippen LogP contribution in [0.15, 0.2) is 24.3 Å². The number of hydrogen-bond donors (Lipinski definition) is 2. The van der Waals surface area contributed by atoms with Gasteiger partial charge in [0, 0.05) is 35.8 Å². The maximum atomic E-state index is 12.5. The van der Waals surface area contributed by atoms with E-state index in [2.05, 4.69) is 17.6 Å². The first-order valence-electron chi connectivity index (χ1n) is 10.3. The van der Waals surface area contributed by atoms with E-state index in [9.17, 15) is 9.59 Å². The molecule has 3 aliphatic rings. The number of carbonyl (C=O) groups excluding carboxylic acids is 2. The molecule has 1 saturated heterocycles. The van der Waals surface area contributed by atoms with Crippen molar-refractivity contribution >= 4 is 23.5 Å². The fraction of sp³-hybridized carbons (Fsp3) is 0.619. The third kappa shape index (κ3) is 4.13. The maximum absolute atomic E-state index is 12.5. The average molecular weight is 406 g/mol. The topological polar surface area (TPSA) is 70.7 Å². The zero-order valence-corrected chi connectivity index (χ0v) is 17.0. The van der Waals surface area contributed by atoms with Gasteiger partial charge in [-0.25, -0.2) is 4.79 Å². The number of nitrogens with one attached hydrogen (secondary N) is 2. The number of urea groups is 1. The third-order valence-electron chi connectivity index (χ3n) is 6.46. The molecule has 2 N–H and O–H groups in total. The van der Waals surface area contributed by atoms with Gasteiger partial charge in [-0.3, -0.25) is 4.79 Å². The molecule has 4 rings (SSSR count). The Kier molecular flexibility index (Phi) is 5.78. The molecule has 1 aromatic rings. The van der Waals surface area contributed by atoms with Crippen molar-refractivity contribution < 1.29 is 14.3 Å². The fourth-order valence-electron chi connectivity index (χ4n) is 4.96. The average Bonchev–Trinajstić information content (AvgIpc) is 3.20. The summed E-state index contributed by atoms with van der Waals surface area (Å²) < 4.78 is 5.30. The molecule has 7 heteroatoms. The van der Waals surface area contributed by atoms with Crippen molar-refractivity contribution in [2.45, 2.75) is 38.3 Å². The number of rotatable bonds is 5. The minimum Gasteiger partial charge on any atom is -0.378 e. The Hall–Kier alpha value is -1.79. The zero-order chi connectivity index (χ0) is 19.7. The first-order valence-corrected chi connectivity index (χ1v) is 10.6. The van der Waals surface area contributed by atoms with Crippen LogP contribution in [-0.4, -0.2) is 55.2 Å². The summed E-state index contributed by atoms with van der Waals surface area (Å²) in [7, 11) is 0. The fourth-order valence-corrected chi connectivity index (χ4v) is 5.09. The largest absolute Gasteiger partial charge is 0.378 e. The van der Waals surface area contributed by atoms with Crippen molar-refractivity contribution in [1.29, 1.82) is 0 Å². The van der Waals surface area contributed by atoms with Crippen LogP contribution in [0.3, 0.4) is 0 Å². The minimum atomic E-state index is -0.0364. The van der Waals surface area contributed by atoms with Crippen molar-refractivity contribution in [2.75, 3.05) is 26.3 Å². The van der Waals surface area contributed by atoms with Gasteiger partial charge in [-0.05, 0) is 61.3 Å². The molecule has 1 aromatic carbocycles. The standard InChI is InChI=1S/C21H28ClN3O3/c1-2-18(24-20(26)13-3-5-14(22)6-4-13)19-16-11-15(12-17(16)19)23-21(27)25-7-9-28-10-8-25/h3-6,15-19H,2,7-12H2,1H3,(H,23,27)(H,24,26)/t15?,16-,17+,18?,19?. The van der Waals surface area contributed by atoms with Crippen LogP contribution in [-0.2, 0) is 4.74 Å². The number of halogens is 1. The summed E-state index contributed by atoms with van der Waals surface area (Å²) in [6.45, 7) is 4.71. The lowest BCUT2D eigenvalue weighted by Gasteiger charge is -2.29. The smallest absolute Gasteiger partial charge is 0.317 e. The number of fused-ring (bicyclic) bond motifs is 1. The molecular formula is C21H28ClN3O3. The summed E-state index contributed by atoms with van der Waals surface area (Å²) >= 11 is 5.90. The minimum absolute atomic E-state index is 0.0363. The molecule has 6 nitrogen and oxygen atoms in total. The van der Waals surface area contributed by atoms with Crippen LogP contribution in [0.2, 0.25) is 5.02 Å². The van der Waals surface area contributed by atoms with Crippen LogP contribution in [0.5, 0.6) is 0 Å². The Morgan fingerprint density at radius 3 is 2.43 bits per heavy atom. The summed E-state index contributed by atoms with van der Waals surface area (Å²) in [4.78, 5) is 26.7. The van der Waals surface area contributed by atoms with Gasteiger partial charge in [-0.15, -0.1) is 0 Å². The number of hydrogen-bond acceptors (Lipinski definition) is 3. The monoisotopic (exact) mass is 405 g/mol. The molecule has 2 aliphatic carbocycles. The van der Waals surface area contributed by atoms with E-state index in [1.807, 2.05) is 4.90 Å². The van der Waals surface area contributed by atoms with Crippen molar-refractivity contribution in [3.8, 4) is 0 Å². The first kappa shape index (κ1) is 19.5. The van der Waals surface area contributed by atoms with E-state index >= 15 is 0 Å².